The number of nitrogens with zero attached hydrogens (tertiary/aromatic N) is 2. The summed E-state index contributed by atoms with van der Waals surface area (Å²) in [6, 6.07) is 20.2. The number of imidazole rings is 1. The molecule has 3 N–H and O–H groups in total. The highest BCUT2D eigenvalue weighted by atomic mass is 32.2. The number of nitrogens with one attached hydrogen (secondary N) is 1. The molecular formula is C23H20N4O2S2. The van der Waals surface area contributed by atoms with Gasteiger partial charge in [-0.3, -0.25) is 9.59 Å². The van der Waals surface area contributed by atoms with E-state index >= 15 is 0 Å². The van der Waals surface area contributed by atoms with Crippen LogP contribution in [0, 0.1) is 0 Å². The van der Waals surface area contributed by atoms with Crippen molar-refractivity contribution in [1.29, 1.82) is 0 Å². The van der Waals surface area contributed by atoms with E-state index in [1.165, 1.54) is 28.7 Å². The fourth-order valence-corrected chi connectivity index (χ4v) is 4.71. The van der Waals surface area contributed by atoms with Gasteiger partial charge < -0.3 is 15.6 Å². The zero-order chi connectivity index (χ0) is 21.8. The van der Waals surface area contributed by atoms with Crippen molar-refractivity contribution in [3.05, 3.63) is 77.8 Å². The van der Waals surface area contributed by atoms with Crippen molar-refractivity contribution in [1.82, 2.24) is 9.55 Å². The summed E-state index contributed by atoms with van der Waals surface area (Å²) in [4.78, 5) is 28.2. The maximum absolute atomic E-state index is 12.3. The molecule has 0 aliphatic heterocycles. The monoisotopic (exact) mass is 448 g/mol. The molecule has 0 aliphatic rings. The Balaban J connectivity index is 1.42. The highest BCUT2D eigenvalue weighted by Crippen LogP contribution is 2.28. The van der Waals surface area contributed by atoms with Crippen molar-refractivity contribution in [2.24, 2.45) is 12.8 Å². The van der Waals surface area contributed by atoms with Gasteiger partial charge in [0.2, 0.25) is 5.91 Å². The van der Waals surface area contributed by atoms with E-state index in [2.05, 4.69) is 46.7 Å². The van der Waals surface area contributed by atoms with Crippen molar-refractivity contribution in [3.63, 3.8) is 0 Å². The molecule has 0 radical (unpaired) electrons. The quantitative estimate of drug-likeness (QED) is 0.403. The molecule has 0 saturated carbocycles. The van der Waals surface area contributed by atoms with Crippen LogP contribution in [0.2, 0.25) is 0 Å². The van der Waals surface area contributed by atoms with Gasteiger partial charge in [0.05, 0.1) is 23.2 Å². The van der Waals surface area contributed by atoms with Crippen molar-refractivity contribution in [2.45, 2.75) is 5.16 Å². The zero-order valence-electron chi connectivity index (χ0n) is 16.7. The maximum atomic E-state index is 12.3. The van der Waals surface area contributed by atoms with Gasteiger partial charge in [0, 0.05) is 7.05 Å². The summed E-state index contributed by atoms with van der Waals surface area (Å²) in [6.45, 7) is 0. The van der Waals surface area contributed by atoms with E-state index in [-0.39, 0.29) is 11.7 Å². The van der Waals surface area contributed by atoms with Crippen LogP contribution in [-0.4, -0.2) is 27.1 Å². The Hall–Kier alpha value is -3.36. The molecule has 0 atom stereocenters. The van der Waals surface area contributed by atoms with Crippen LogP contribution in [0.1, 0.15) is 10.4 Å². The normalized spacial score (nSPS) is 10.7. The summed E-state index contributed by atoms with van der Waals surface area (Å²) in [5.41, 5.74) is 9.99. The van der Waals surface area contributed by atoms with Crippen molar-refractivity contribution >= 4 is 39.9 Å². The summed E-state index contributed by atoms with van der Waals surface area (Å²) in [5, 5.41) is 5.67. The molecule has 0 aliphatic carbocycles. The molecule has 0 saturated heterocycles. The van der Waals surface area contributed by atoms with E-state index in [9.17, 15) is 9.59 Å². The lowest BCUT2D eigenvalue weighted by Gasteiger charge is -2.08. The molecule has 156 valence electrons. The van der Waals surface area contributed by atoms with Crippen LogP contribution in [0.4, 0.5) is 5.00 Å². The third-order valence-corrected chi connectivity index (χ3v) is 6.62. The summed E-state index contributed by atoms with van der Waals surface area (Å²) in [6.07, 6.45) is 1.81. The summed E-state index contributed by atoms with van der Waals surface area (Å²) in [5.74, 6) is -0.601. The Kier molecular flexibility index (Phi) is 6.20. The Morgan fingerprint density at radius 3 is 2.42 bits per heavy atom. The number of rotatable bonds is 7. The van der Waals surface area contributed by atoms with Crippen molar-refractivity contribution in [2.75, 3.05) is 11.1 Å². The first-order chi connectivity index (χ1) is 15.0. The van der Waals surface area contributed by atoms with Gasteiger partial charge in [-0.1, -0.05) is 66.4 Å². The van der Waals surface area contributed by atoms with Gasteiger partial charge in [0.25, 0.3) is 5.91 Å². The van der Waals surface area contributed by atoms with Gasteiger partial charge >= 0.3 is 0 Å². The highest BCUT2D eigenvalue weighted by Gasteiger charge is 2.15. The summed E-state index contributed by atoms with van der Waals surface area (Å²) in [7, 11) is 1.93. The second kappa shape index (κ2) is 9.20. The lowest BCUT2D eigenvalue weighted by Crippen LogP contribution is -2.18. The van der Waals surface area contributed by atoms with Crippen LogP contribution in [0.15, 0.2) is 77.4 Å². The number of hydrogen-bond acceptors (Lipinski definition) is 5. The number of benzene rings is 2. The Morgan fingerprint density at radius 2 is 1.71 bits per heavy atom. The third kappa shape index (κ3) is 4.70. The van der Waals surface area contributed by atoms with Gasteiger partial charge in [-0.25, -0.2) is 4.98 Å². The molecule has 0 spiro atoms. The molecule has 6 nitrogen and oxygen atoms in total. The average Bonchev–Trinajstić information content (AvgIpc) is 3.39. The highest BCUT2D eigenvalue weighted by molar-refractivity contribution is 7.99. The number of anilines is 1. The first-order valence-electron chi connectivity index (χ1n) is 9.50. The van der Waals surface area contributed by atoms with Crippen molar-refractivity contribution in [3.8, 4) is 22.4 Å². The molecule has 2 aromatic heterocycles. The van der Waals surface area contributed by atoms with Gasteiger partial charge in [0.1, 0.15) is 5.00 Å². The van der Waals surface area contributed by atoms with E-state index in [1.54, 1.807) is 11.4 Å². The lowest BCUT2D eigenvalue weighted by atomic mass is 10.0. The number of amides is 2. The number of primary amides is 1. The topological polar surface area (TPSA) is 90.0 Å². The SMILES string of the molecule is Cn1c(-c2ccc(-c3ccccc3)cc2)cnc1SCC(=O)Nc1sccc1C(N)=O. The minimum atomic E-state index is -0.559. The molecule has 4 aromatic rings. The van der Waals surface area contributed by atoms with E-state index in [0.29, 0.717) is 10.6 Å². The van der Waals surface area contributed by atoms with Gasteiger partial charge in [0.15, 0.2) is 5.16 Å². The zero-order valence-corrected chi connectivity index (χ0v) is 18.4. The molecule has 2 aromatic carbocycles. The number of aromatic nitrogens is 2. The molecule has 0 fully saturated rings. The minimum Gasteiger partial charge on any atom is -0.366 e. The van der Waals surface area contributed by atoms with Crippen LogP contribution in [0.25, 0.3) is 22.4 Å². The summed E-state index contributed by atoms with van der Waals surface area (Å²) < 4.78 is 1.97. The fraction of sp³-hybridized carbons (Fsp3) is 0.0870. The number of thiophene rings is 1. The molecule has 8 heteroatoms. The van der Waals surface area contributed by atoms with Gasteiger partial charge in [-0.2, -0.15) is 0 Å². The molecular weight excluding hydrogens is 428 g/mol. The van der Waals surface area contributed by atoms with Gasteiger partial charge in [-0.15, -0.1) is 11.3 Å². The van der Waals surface area contributed by atoms with Crippen LogP contribution in [0.3, 0.4) is 0 Å². The molecule has 0 unspecified atom stereocenters. The molecule has 4 rings (SSSR count). The lowest BCUT2D eigenvalue weighted by molar-refractivity contribution is -0.113. The van der Waals surface area contributed by atoms with Crippen LogP contribution in [-0.2, 0) is 11.8 Å². The first-order valence-corrected chi connectivity index (χ1v) is 11.4. The van der Waals surface area contributed by atoms with E-state index < -0.39 is 5.91 Å². The molecule has 0 bridgehead atoms. The Labute approximate surface area is 188 Å². The molecule has 2 heterocycles. The number of carbonyl (C=O) groups excluding carboxylic acids is 2. The average molecular weight is 449 g/mol. The van der Waals surface area contributed by atoms with E-state index in [0.717, 1.165) is 22.0 Å². The first kappa shape index (κ1) is 20.9. The Bertz CT molecular complexity index is 1210. The molecule has 2 amide bonds. The van der Waals surface area contributed by atoms with Crippen LogP contribution < -0.4 is 11.1 Å². The number of thioether (sulfide) groups is 1. The second-order valence-corrected chi connectivity index (χ2v) is 8.65. The van der Waals surface area contributed by atoms with Crippen molar-refractivity contribution < 1.29 is 9.59 Å². The Morgan fingerprint density at radius 1 is 1.03 bits per heavy atom. The van der Waals surface area contributed by atoms with E-state index in [1.807, 2.05) is 36.0 Å². The largest absolute Gasteiger partial charge is 0.366 e. The maximum Gasteiger partial charge on any atom is 0.251 e. The van der Waals surface area contributed by atoms with Gasteiger partial charge in [-0.05, 0) is 28.1 Å². The predicted octanol–water partition coefficient (Wildman–Crippen LogP) is 4.65. The van der Waals surface area contributed by atoms with E-state index in [4.69, 9.17) is 5.73 Å². The second-order valence-electron chi connectivity index (χ2n) is 6.79. The number of hydrogen-bond donors (Lipinski definition) is 2. The van der Waals surface area contributed by atoms with Crippen LogP contribution >= 0.6 is 23.1 Å². The summed E-state index contributed by atoms with van der Waals surface area (Å²) >= 11 is 2.60. The number of nitrogens with two attached hydrogens (primary N) is 1. The number of carbonyl (C=O) groups is 2. The molecule has 31 heavy (non-hydrogen) atoms. The smallest absolute Gasteiger partial charge is 0.251 e. The standard InChI is InChI=1S/C23H20N4O2S2/c1-27-19(17-9-7-16(8-10-17)15-5-3-2-4-6-15)13-25-23(27)31-14-20(28)26-22-18(21(24)29)11-12-30-22/h2-13H,14H2,1H3,(H2,24,29)(H,26,28). The minimum absolute atomic E-state index is 0.174. The van der Waals surface area contributed by atoms with Crippen LogP contribution in [0.5, 0.6) is 0 Å². The predicted molar refractivity (Wildman–Crippen MR) is 126 cm³/mol. The third-order valence-electron chi connectivity index (χ3n) is 4.75. The fourth-order valence-electron chi connectivity index (χ4n) is 3.15.